The van der Waals surface area contributed by atoms with Crippen LogP contribution in [0.5, 0.6) is 11.5 Å². The number of benzene rings is 2. The van der Waals surface area contributed by atoms with Gasteiger partial charge in [-0.3, -0.25) is 4.99 Å². The molecule has 0 aliphatic carbocycles. The third-order valence-corrected chi connectivity index (χ3v) is 6.48. The number of rotatable bonds is 5. The van der Waals surface area contributed by atoms with Gasteiger partial charge in [-0.25, -0.2) is 8.42 Å². The van der Waals surface area contributed by atoms with Gasteiger partial charge in [-0.1, -0.05) is 45.0 Å². The smallest absolute Gasteiger partial charge is 0.151 e. The summed E-state index contributed by atoms with van der Waals surface area (Å²) in [6.07, 6.45) is 6.86. The number of aliphatic imine (C=N–C) groups is 1. The summed E-state index contributed by atoms with van der Waals surface area (Å²) in [5.74, 6) is 1.90. The van der Waals surface area contributed by atoms with Gasteiger partial charge >= 0.3 is 0 Å². The summed E-state index contributed by atoms with van der Waals surface area (Å²) in [5.41, 5.74) is 2.15. The Hall–Kier alpha value is -3.37. The van der Waals surface area contributed by atoms with Gasteiger partial charge in [0.05, 0.1) is 23.4 Å². The maximum absolute atomic E-state index is 11.6. The number of nitrogens with zero attached hydrogens (tertiary/aromatic N) is 3. The lowest BCUT2D eigenvalue weighted by Crippen LogP contribution is -2.35. The number of amidine groups is 1. The van der Waals surface area contributed by atoms with Gasteiger partial charge in [-0.2, -0.15) is 5.26 Å². The highest BCUT2D eigenvalue weighted by Gasteiger charge is 2.44. The number of fused-ring (bicyclic) bond motifs is 1. The highest BCUT2D eigenvalue weighted by atomic mass is 32.2. The quantitative estimate of drug-likeness (QED) is 0.613. The van der Waals surface area contributed by atoms with Crippen LogP contribution in [0.3, 0.4) is 0 Å². The molecular formula is C26H27N3O3S. The molecule has 2 unspecified atom stereocenters. The number of sulfone groups is 1. The minimum Gasteiger partial charge on any atom is -0.457 e. The Bertz CT molecular complexity index is 1310. The van der Waals surface area contributed by atoms with E-state index >= 15 is 0 Å². The first kappa shape index (κ1) is 22.8. The molecule has 2 atom stereocenters. The van der Waals surface area contributed by atoms with E-state index in [2.05, 4.69) is 31.7 Å². The van der Waals surface area contributed by atoms with Crippen LogP contribution in [0.4, 0.5) is 0 Å². The predicted molar refractivity (Wildman–Crippen MR) is 130 cm³/mol. The number of hydrogen-bond acceptors (Lipinski definition) is 6. The van der Waals surface area contributed by atoms with Crippen LogP contribution >= 0.6 is 0 Å². The Morgan fingerprint density at radius 2 is 1.82 bits per heavy atom. The fourth-order valence-electron chi connectivity index (χ4n) is 4.23. The maximum atomic E-state index is 11.6. The average Bonchev–Trinajstić information content (AvgIpc) is 3.13. The largest absolute Gasteiger partial charge is 0.457 e. The van der Waals surface area contributed by atoms with E-state index in [4.69, 9.17) is 9.73 Å². The fraction of sp³-hybridized carbons (Fsp3) is 0.308. The summed E-state index contributed by atoms with van der Waals surface area (Å²) in [7, 11) is -3.13. The van der Waals surface area contributed by atoms with Gasteiger partial charge in [0.2, 0.25) is 0 Å². The molecule has 0 saturated carbocycles. The molecule has 0 fully saturated rings. The molecule has 2 aromatic rings. The van der Waals surface area contributed by atoms with Crippen LogP contribution in [-0.4, -0.2) is 31.5 Å². The normalized spacial score (nSPS) is 20.0. The number of ether oxygens (including phenoxy) is 1. The minimum atomic E-state index is -3.13. The third-order valence-electron chi connectivity index (χ3n) is 5.63. The van der Waals surface area contributed by atoms with Gasteiger partial charge in [0.1, 0.15) is 23.4 Å². The number of allylic oxidation sites excluding steroid dienone is 2. The molecule has 0 radical (unpaired) electrons. The van der Waals surface area contributed by atoms with Crippen molar-refractivity contribution in [3.05, 3.63) is 83.6 Å². The molecule has 0 bridgehead atoms. The molecule has 2 aliphatic heterocycles. The van der Waals surface area contributed by atoms with Crippen molar-refractivity contribution in [2.45, 2.75) is 38.6 Å². The summed E-state index contributed by atoms with van der Waals surface area (Å²) in [4.78, 5) is 7.02. The molecule has 0 saturated heterocycles. The summed E-state index contributed by atoms with van der Waals surface area (Å²) in [6.45, 7) is 6.46. The van der Waals surface area contributed by atoms with E-state index in [1.54, 1.807) is 24.3 Å². The molecule has 170 valence electrons. The lowest BCUT2D eigenvalue weighted by molar-refractivity contribution is 0.243. The highest BCUT2D eigenvalue weighted by Crippen LogP contribution is 2.44. The van der Waals surface area contributed by atoms with E-state index in [-0.39, 0.29) is 23.3 Å². The number of hydrogen-bond donors (Lipinski definition) is 0. The predicted octanol–water partition coefficient (Wildman–Crippen LogP) is 5.17. The van der Waals surface area contributed by atoms with Crippen molar-refractivity contribution >= 4 is 15.7 Å². The van der Waals surface area contributed by atoms with Gasteiger partial charge in [0.15, 0.2) is 9.84 Å². The Morgan fingerprint density at radius 3 is 2.48 bits per heavy atom. The van der Waals surface area contributed by atoms with Crippen LogP contribution in [0, 0.1) is 16.7 Å². The van der Waals surface area contributed by atoms with E-state index in [0.717, 1.165) is 5.56 Å². The van der Waals surface area contributed by atoms with Crippen molar-refractivity contribution in [3.63, 3.8) is 0 Å². The first-order valence-corrected chi connectivity index (χ1v) is 12.8. The van der Waals surface area contributed by atoms with E-state index in [1.165, 1.54) is 6.26 Å². The number of nitriles is 1. The molecule has 2 heterocycles. The maximum Gasteiger partial charge on any atom is 0.151 e. The lowest BCUT2D eigenvalue weighted by atomic mass is 9.80. The van der Waals surface area contributed by atoms with E-state index in [9.17, 15) is 13.7 Å². The molecule has 2 aliphatic rings. The first-order chi connectivity index (χ1) is 15.5. The lowest BCUT2D eigenvalue weighted by Gasteiger charge is -2.34. The van der Waals surface area contributed by atoms with Gasteiger partial charge < -0.3 is 9.64 Å². The Kier molecular flexibility index (Phi) is 5.89. The standard InChI is InChI=1S/C26H27N3O3S/c1-26(2,3)24-23(29-13-7-10-20(16-27)25(29)28-24)19-9-6-12-22(15-19)32-21-11-5-8-18(14-21)17-33(4,30)31/h5-15,23-24H,17H2,1-4H3. The van der Waals surface area contributed by atoms with E-state index < -0.39 is 9.84 Å². The Labute approximate surface area is 195 Å². The highest BCUT2D eigenvalue weighted by molar-refractivity contribution is 7.89. The van der Waals surface area contributed by atoms with Crippen molar-refractivity contribution in [1.29, 1.82) is 5.26 Å². The summed E-state index contributed by atoms with van der Waals surface area (Å²) in [6, 6.07) is 17.1. The zero-order valence-electron chi connectivity index (χ0n) is 19.2. The van der Waals surface area contributed by atoms with Crippen molar-refractivity contribution in [2.75, 3.05) is 6.26 Å². The summed E-state index contributed by atoms with van der Waals surface area (Å²) < 4.78 is 29.4. The molecule has 0 amide bonds. The zero-order chi connectivity index (χ0) is 23.8. The topological polar surface area (TPSA) is 82.8 Å². The second kappa shape index (κ2) is 8.53. The molecule has 6 nitrogen and oxygen atoms in total. The van der Waals surface area contributed by atoms with Crippen LogP contribution in [-0.2, 0) is 15.6 Å². The van der Waals surface area contributed by atoms with Crippen LogP contribution in [0.2, 0.25) is 0 Å². The van der Waals surface area contributed by atoms with E-state index in [0.29, 0.717) is 28.5 Å². The van der Waals surface area contributed by atoms with Crippen LogP contribution in [0.1, 0.15) is 37.9 Å². The molecule has 0 spiro atoms. The van der Waals surface area contributed by atoms with Gasteiger partial charge in [-0.05, 0) is 53.0 Å². The van der Waals surface area contributed by atoms with Crippen molar-refractivity contribution in [2.24, 2.45) is 10.4 Å². The third kappa shape index (κ3) is 5.01. The summed E-state index contributed by atoms with van der Waals surface area (Å²) >= 11 is 0. The van der Waals surface area contributed by atoms with Gasteiger partial charge in [0, 0.05) is 12.5 Å². The molecule has 33 heavy (non-hydrogen) atoms. The fourth-order valence-corrected chi connectivity index (χ4v) is 5.01. The van der Waals surface area contributed by atoms with Crippen LogP contribution in [0.25, 0.3) is 0 Å². The van der Waals surface area contributed by atoms with E-state index in [1.807, 2.05) is 42.6 Å². The molecule has 0 aromatic heterocycles. The van der Waals surface area contributed by atoms with Crippen LogP contribution in [0.15, 0.2) is 77.4 Å². The molecule has 2 aromatic carbocycles. The Balaban J connectivity index is 1.65. The van der Waals surface area contributed by atoms with Crippen molar-refractivity contribution < 1.29 is 13.2 Å². The SMILES string of the molecule is CC(C)(C)C1N=C2C(C#N)=CC=CN2C1c1cccc(Oc2cccc(CS(C)(=O)=O)c2)c1. The molecule has 4 rings (SSSR count). The second-order valence-corrected chi connectivity index (χ2v) is 11.7. The van der Waals surface area contributed by atoms with Gasteiger partial charge in [-0.15, -0.1) is 0 Å². The first-order valence-electron chi connectivity index (χ1n) is 10.7. The van der Waals surface area contributed by atoms with Crippen molar-refractivity contribution in [1.82, 2.24) is 4.90 Å². The summed E-state index contributed by atoms with van der Waals surface area (Å²) in [5, 5.41) is 9.57. The second-order valence-electron chi connectivity index (χ2n) is 9.54. The monoisotopic (exact) mass is 461 g/mol. The van der Waals surface area contributed by atoms with Crippen LogP contribution < -0.4 is 4.74 Å². The Morgan fingerprint density at radius 1 is 1.12 bits per heavy atom. The van der Waals surface area contributed by atoms with Gasteiger partial charge in [0.25, 0.3) is 0 Å². The minimum absolute atomic E-state index is 0.0320. The molecule has 7 heteroatoms. The average molecular weight is 462 g/mol. The molecular weight excluding hydrogens is 434 g/mol. The zero-order valence-corrected chi connectivity index (χ0v) is 20.0. The molecule has 0 N–H and O–H groups in total. The van der Waals surface area contributed by atoms with Crippen molar-refractivity contribution in [3.8, 4) is 17.6 Å².